The smallest absolute Gasteiger partial charge is 0.360 e. The predicted octanol–water partition coefficient (Wildman–Crippen LogP) is 0.719. The summed E-state index contributed by atoms with van der Waals surface area (Å²) in [7, 11) is 0. The maximum absolute atomic E-state index is 12.8. The van der Waals surface area contributed by atoms with Crippen molar-refractivity contribution in [1.29, 1.82) is 0 Å². The van der Waals surface area contributed by atoms with Crippen molar-refractivity contribution in [2.75, 3.05) is 31.1 Å². The zero-order valence-electron chi connectivity index (χ0n) is 12.0. The first-order valence-corrected chi connectivity index (χ1v) is 8.01. The van der Waals surface area contributed by atoms with Gasteiger partial charge >= 0.3 is 6.18 Å². The SMILES string of the molecule is O=C1NC(=O)[C@H]([NH+]2CCN(c3cccc(C(F)(F)F)c3)CC2)S1. The molecule has 2 amide bonds. The fourth-order valence-electron chi connectivity index (χ4n) is 2.82. The number of imide groups is 1. The zero-order valence-corrected chi connectivity index (χ0v) is 12.8. The molecule has 3 rings (SSSR count). The minimum absolute atomic E-state index is 0.289. The Morgan fingerprint density at radius 2 is 1.91 bits per heavy atom. The van der Waals surface area contributed by atoms with Crippen molar-refractivity contribution in [3.63, 3.8) is 0 Å². The Bertz CT molecular complexity index is 630. The second-order valence-electron chi connectivity index (χ2n) is 5.47. The Morgan fingerprint density at radius 3 is 2.48 bits per heavy atom. The van der Waals surface area contributed by atoms with E-state index in [0.717, 1.165) is 28.8 Å². The zero-order chi connectivity index (χ0) is 16.6. The van der Waals surface area contributed by atoms with Crippen LogP contribution in [0.15, 0.2) is 24.3 Å². The van der Waals surface area contributed by atoms with Gasteiger partial charge in [-0.2, -0.15) is 13.2 Å². The number of quaternary nitrogens is 1. The van der Waals surface area contributed by atoms with Gasteiger partial charge in [0, 0.05) is 17.4 Å². The molecule has 124 valence electrons. The number of benzene rings is 1. The van der Waals surface area contributed by atoms with Gasteiger partial charge < -0.3 is 9.80 Å². The molecule has 1 aromatic carbocycles. The van der Waals surface area contributed by atoms with Crippen molar-refractivity contribution in [3.05, 3.63) is 29.8 Å². The predicted molar refractivity (Wildman–Crippen MR) is 79.3 cm³/mol. The highest BCUT2D eigenvalue weighted by Gasteiger charge is 2.41. The molecule has 0 unspecified atom stereocenters. The monoisotopic (exact) mass is 346 g/mol. The Hall–Kier alpha value is -1.74. The van der Waals surface area contributed by atoms with Gasteiger partial charge in [-0.3, -0.25) is 14.9 Å². The van der Waals surface area contributed by atoms with E-state index in [1.165, 1.54) is 6.07 Å². The van der Waals surface area contributed by atoms with Gasteiger partial charge in [0.05, 0.1) is 31.7 Å². The maximum Gasteiger partial charge on any atom is 0.416 e. The number of nitrogens with one attached hydrogen (secondary N) is 2. The van der Waals surface area contributed by atoms with E-state index in [4.69, 9.17) is 0 Å². The van der Waals surface area contributed by atoms with Crippen LogP contribution in [0.2, 0.25) is 0 Å². The first-order chi connectivity index (χ1) is 10.8. The number of anilines is 1. The standard InChI is InChI=1S/C14H14F3N3O2S/c15-14(16,17)9-2-1-3-10(8-9)19-4-6-20(7-5-19)12-11(21)18-13(22)23-12/h1-3,8,12H,4-7H2,(H,18,21,22)/p+1/t12-/m1/s1. The second kappa shape index (κ2) is 6.04. The van der Waals surface area contributed by atoms with Crippen molar-refractivity contribution >= 4 is 28.6 Å². The lowest BCUT2D eigenvalue weighted by molar-refractivity contribution is -0.901. The highest BCUT2D eigenvalue weighted by atomic mass is 32.2. The van der Waals surface area contributed by atoms with Gasteiger partial charge in [0.25, 0.3) is 11.1 Å². The largest absolute Gasteiger partial charge is 0.416 e. The number of halogens is 3. The van der Waals surface area contributed by atoms with Crippen LogP contribution in [0, 0.1) is 0 Å². The molecule has 0 radical (unpaired) electrons. The average Bonchev–Trinajstić information content (AvgIpc) is 2.85. The molecule has 0 spiro atoms. The third-order valence-electron chi connectivity index (χ3n) is 4.00. The molecule has 0 bridgehead atoms. The number of carbonyl (C=O) groups is 2. The summed E-state index contributed by atoms with van der Waals surface area (Å²) in [6.45, 7) is 2.26. The van der Waals surface area contributed by atoms with E-state index in [9.17, 15) is 22.8 Å². The molecule has 23 heavy (non-hydrogen) atoms. The number of carbonyl (C=O) groups excluding carboxylic acids is 2. The summed E-state index contributed by atoms with van der Waals surface area (Å²) in [4.78, 5) is 25.7. The van der Waals surface area contributed by atoms with Crippen LogP contribution in [0.4, 0.5) is 23.7 Å². The third kappa shape index (κ3) is 3.45. The van der Waals surface area contributed by atoms with E-state index in [1.54, 1.807) is 6.07 Å². The summed E-state index contributed by atoms with van der Waals surface area (Å²) >= 11 is 0.979. The van der Waals surface area contributed by atoms with E-state index in [-0.39, 0.29) is 11.1 Å². The van der Waals surface area contributed by atoms with Gasteiger partial charge in [-0.05, 0) is 18.2 Å². The molecule has 2 aliphatic rings. The van der Waals surface area contributed by atoms with Gasteiger partial charge in [0.15, 0.2) is 0 Å². The summed E-state index contributed by atoms with van der Waals surface area (Å²) in [5, 5.41) is 1.46. The molecule has 9 heteroatoms. The van der Waals surface area contributed by atoms with Crippen molar-refractivity contribution in [1.82, 2.24) is 5.32 Å². The van der Waals surface area contributed by atoms with Crippen LogP contribution in [0.3, 0.4) is 0 Å². The topological polar surface area (TPSA) is 53.9 Å². The lowest BCUT2D eigenvalue weighted by Gasteiger charge is -2.35. The molecular weight excluding hydrogens is 331 g/mol. The average molecular weight is 346 g/mol. The highest BCUT2D eigenvalue weighted by molar-refractivity contribution is 8.15. The number of thioether (sulfide) groups is 1. The van der Waals surface area contributed by atoms with Gasteiger partial charge in [-0.1, -0.05) is 6.07 Å². The number of alkyl halides is 3. The van der Waals surface area contributed by atoms with Crippen LogP contribution in [0.1, 0.15) is 5.56 Å². The van der Waals surface area contributed by atoms with Crippen molar-refractivity contribution in [2.45, 2.75) is 11.6 Å². The second-order valence-corrected chi connectivity index (χ2v) is 6.55. The van der Waals surface area contributed by atoms with Gasteiger partial charge in [-0.15, -0.1) is 0 Å². The number of hydrogen-bond acceptors (Lipinski definition) is 4. The quantitative estimate of drug-likeness (QED) is 0.829. The van der Waals surface area contributed by atoms with Crippen molar-refractivity contribution in [3.8, 4) is 0 Å². The normalized spacial score (nSPS) is 23.3. The summed E-state index contributed by atoms with van der Waals surface area (Å²) in [5.41, 5.74) is -0.139. The summed E-state index contributed by atoms with van der Waals surface area (Å²) in [6, 6.07) is 5.25. The minimum atomic E-state index is -4.36. The molecule has 1 aromatic rings. The first-order valence-electron chi connectivity index (χ1n) is 7.13. The molecule has 0 aliphatic carbocycles. The summed E-state index contributed by atoms with van der Waals surface area (Å²) < 4.78 is 38.3. The highest BCUT2D eigenvalue weighted by Crippen LogP contribution is 2.31. The van der Waals surface area contributed by atoms with E-state index in [0.29, 0.717) is 31.9 Å². The van der Waals surface area contributed by atoms with Crippen LogP contribution >= 0.6 is 11.8 Å². The molecule has 2 heterocycles. The van der Waals surface area contributed by atoms with Crippen LogP contribution in [-0.2, 0) is 11.0 Å². The van der Waals surface area contributed by atoms with Gasteiger partial charge in [-0.25, -0.2) is 0 Å². The lowest BCUT2D eigenvalue weighted by Crippen LogP contribution is -3.18. The van der Waals surface area contributed by atoms with Crippen molar-refractivity contribution < 1.29 is 27.7 Å². The number of piperazine rings is 1. The Kier molecular flexibility index (Phi) is 4.24. The van der Waals surface area contributed by atoms with E-state index >= 15 is 0 Å². The molecule has 5 nitrogen and oxygen atoms in total. The van der Waals surface area contributed by atoms with Crippen LogP contribution < -0.4 is 15.1 Å². The van der Waals surface area contributed by atoms with Crippen LogP contribution in [0.5, 0.6) is 0 Å². The Labute approximate surface area is 134 Å². The fraction of sp³-hybridized carbons (Fsp3) is 0.429. The van der Waals surface area contributed by atoms with E-state index < -0.39 is 17.1 Å². The molecule has 0 aromatic heterocycles. The van der Waals surface area contributed by atoms with Gasteiger partial charge in [0.1, 0.15) is 0 Å². The summed E-state index contributed by atoms with van der Waals surface area (Å²) in [6.07, 6.45) is -4.36. The minimum Gasteiger partial charge on any atom is -0.360 e. The third-order valence-corrected chi connectivity index (χ3v) is 5.10. The lowest BCUT2D eigenvalue weighted by atomic mass is 10.1. The molecule has 0 saturated carbocycles. The van der Waals surface area contributed by atoms with E-state index in [2.05, 4.69) is 5.32 Å². The van der Waals surface area contributed by atoms with Crippen molar-refractivity contribution in [2.24, 2.45) is 0 Å². The number of rotatable bonds is 2. The van der Waals surface area contributed by atoms with Crippen LogP contribution in [-0.4, -0.2) is 42.7 Å². The Morgan fingerprint density at radius 1 is 1.22 bits per heavy atom. The summed E-state index contributed by atoms with van der Waals surface area (Å²) in [5.74, 6) is -0.289. The Balaban J connectivity index is 1.65. The molecule has 2 saturated heterocycles. The first kappa shape index (κ1) is 16.1. The molecular formula is C14H15F3N3O2S+. The molecule has 2 N–H and O–H groups in total. The maximum atomic E-state index is 12.8. The molecule has 2 aliphatic heterocycles. The number of hydrogen-bond donors (Lipinski definition) is 2. The van der Waals surface area contributed by atoms with Gasteiger partial charge in [0.2, 0.25) is 5.37 Å². The fourth-order valence-corrected chi connectivity index (χ4v) is 3.76. The number of amides is 2. The number of nitrogens with zero attached hydrogens (tertiary/aromatic N) is 1. The molecule has 2 fully saturated rings. The van der Waals surface area contributed by atoms with E-state index in [1.807, 2.05) is 4.90 Å². The molecule has 1 atom stereocenters. The van der Waals surface area contributed by atoms with Crippen LogP contribution in [0.25, 0.3) is 0 Å².